The minimum Gasteiger partial charge on any atom is -0.494 e. The Morgan fingerprint density at radius 3 is 2.53 bits per heavy atom. The van der Waals surface area contributed by atoms with Gasteiger partial charge in [-0.25, -0.2) is 8.78 Å². The average Bonchev–Trinajstić information content (AvgIpc) is 3.48. The van der Waals surface area contributed by atoms with Gasteiger partial charge in [-0.1, -0.05) is 15.9 Å². The van der Waals surface area contributed by atoms with E-state index in [1.165, 1.54) is 19.2 Å². The standard InChI is InChI=1S/C20H24BrF2N3O5S/c1-31-18-10-13(22)9-17(24-16-3-2-12(21)8-15(16)23)19(18)25-32(29,30)26-20(6-7-20)5-4-14(28)11-27/h2-3,8-10,14,24-28H,4-7,11H2,1H3. The molecule has 2 aromatic carbocycles. The number of ether oxygens (including phenoxy) is 1. The van der Waals surface area contributed by atoms with Crippen molar-refractivity contribution in [3.63, 3.8) is 0 Å². The predicted molar refractivity (Wildman–Crippen MR) is 120 cm³/mol. The van der Waals surface area contributed by atoms with E-state index in [0.29, 0.717) is 23.7 Å². The monoisotopic (exact) mass is 535 g/mol. The minimum absolute atomic E-state index is 0.00548. The molecule has 1 saturated carbocycles. The summed E-state index contributed by atoms with van der Waals surface area (Å²) < 4.78 is 64.7. The molecule has 0 aromatic heterocycles. The van der Waals surface area contributed by atoms with Crippen molar-refractivity contribution < 1.29 is 32.1 Å². The molecule has 3 rings (SSSR count). The van der Waals surface area contributed by atoms with Gasteiger partial charge in [0.2, 0.25) is 0 Å². The van der Waals surface area contributed by atoms with Gasteiger partial charge >= 0.3 is 0 Å². The number of hydrogen-bond acceptors (Lipinski definition) is 6. The van der Waals surface area contributed by atoms with Crippen LogP contribution in [0.4, 0.5) is 25.8 Å². The highest BCUT2D eigenvalue weighted by Gasteiger charge is 2.45. The molecule has 0 aliphatic heterocycles. The molecular weight excluding hydrogens is 512 g/mol. The Morgan fingerprint density at radius 1 is 1.22 bits per heavy atom. The molecule has 12 heteroatoms. The third kappa shape index (κ3) is 6.29. The maximum Gasteiger partial charge on any atom is 0.299 e. The highest BCUT2D eigenvalue weighted by atomic mass is 79.9. The number of hydrogen-bond donors (Lipinski definition) is 5. The molecule has 0 radical (unpaired) electrons. The second-order valence-electron chi connectivity index (χ2n) is 7.64. The Balaban J connectivity index is 1.86. The van der Waals surface area contributed by atoms with Crippen LogP contribution < -0.4 is 19.5 Å². The van der Waals surface area contributed by atoms with Crippen LogP contribution >= 0.6 is 15.9 Å². The van der Waals surface area contributed by atoms with Crippen LogP contribution in [0.3, 0.4) is 0 Å². The smallest absolute Gasteiger partial charge is 0.299 e. The predicted octanol–water partition coefficient (Wildman–Crippen LogP) is 3.39. The first-order valence-corrected chi connectivity index (χ1v) is 12.0. The molecule has 8 nitrogen and oxygen atoms in total. The van der Waals surface area contributed by atoms with E-state index in [1.807, 2.05) is 0 Å². The van der Waals surface area contributed by atoms with E-state index < -0.39 is 40.1 Å². The summed E-state index contributed by atoms with van der Waals surface area (Å²) in [7, 11) is -2.90. The van der Waals surface area contributed by atoms with E-state index in [4.69, 9.17) is 9.84 Å². The number of rotatable bonds is 11. The number of benzene rings is 2. The highest BCUT2D eigenvalue weighted by molar-refractivity contribution is 9.10. The zero-order valence-corrected chi connectivity index (χ0v) is 19.6. The third-order valence-electron chi connectivity index (χ3n) is 5.10. The normalized spacial score (nSPS) is 15.8. The summed E-state index contributed by atoms with van der Waals surface area (Å²) in [6.45, 7) is -0.407. The second-order valence-corrected chi connectivity index (χ2v) is 9.97. The Bertz CT molecular complexity index is 1080. The Labute approximate surface area is 193 Å². The maximum atomic E-state index is 14.3. The Hall–Kier alpha value is -1.99. The quantitative estimate of drug-likeness (QED) is 0.301. The molecule has 1 atom stereocenters. The van der Waals surface area contributed by atoms with Crippen LogP contribution in [0.2, 0.25) is 0 Å². The lowest BCUT2D eigenvalue weighted by Crippen LogP contribution is -2.41. The van der Waals surface area contributed by atoms with Gasteiger partial charge in [0.25, 0.3) is 10.2 Å². The number of aliphatic hydroxyl groups excluding tert-OH is 2. The van der Waals surface area contributed by atoms with Crippen molar-refractivity contribution >= 4 is 43.2 Å². The molecule has 5 N–H and O–H groups in total. The summed E-state index contributed by atoms with van der Waals surface area (Å²) in [5.74, 6) is -1.45. The minimum atomic E-state index is -4.15. The molecule has 1 fully saturated rings. The molecular formula is C20H24BrF2N3O5S. The van der Waals surface area contributed by atoms with E-state index in [0.717, 1.165) is 12.1 Å². The SMILES string of the molecule is COc1cc(F)cc(Nc2ccc(Br)cc2F)c1NS(=O)(=O)NC1(CCC(O)CO)CC1. The molecule has 0 bridgehead atoms. The number of aliphatic hydroxyl groups is 2. The molecule has 0 heterocycles. The summed E-state index contributed by atoms with van der Waals surface area (Å²) in [5.41, 5.74) is -0.879. The van der Waals surface area contributed by atoms with Crippen molar-refractivity contribution in [2.45, 2.75) is 37.3 Å². The molecule has 176 valence electrons. The van der Waals surface area contributed by atoms with Gasteiger partial charge in [0.1, 0.15) is 23.1 Å². The van der Waals surface area contributed by atoms with Crippen molar-refractivity contribution in [1.82, 2.24) is 4.72 Å². The first kappa shape index (κ1) is 24.6. The highest BCUT2D eigenvalue weighted by Crippen LogP contribution is 2.42. The molecule has 0 amide bonds. The number of halogens is 3. The van der Waals surface area contributed by atoms with Gasteiger partial charge < -0.3 is 20.3 Å². The molecule has 1 unspecified atom stereocenters. The topological polar surface area (TPSA) is 120 Å². The van der Waals surface area contributed by atoms with Gasteiger partial charge in [-0.2, -0.15) is 13.1 Å². The molecule has 1 aliphatic rings. The lowest BCUT2D eigenvalue weighted by Gasteiger charge is -2.22. The van der Waals surface area contributed by atoms with Crippen LogP contribution in [0.15, 0.2) is 34.8 Å². The largest absolute Gasteiger partial charge is 0.494 e. The van der Waals surface area contributed by atoms with Crippen LogP contribution in [0.1, 0.15) is 25.7 Å². The zero-order chi connectivity index (χ0) is 23.5. The van der Waals surface area contributed by atoms with Crippen LogP contribution in [0.25, 0.3) is 0 Å². The van der Waals surface area contributed by atoms with Gasteiger partial charge in [0.15, 0.2) is 0 Å². The van der Waals surface area contributed by atoms with E-state index in [2.05, 4.69) is 30.7 Å². The van der Waals surface area contributed by atoms with E-state index in [-0.39, 0.29) is 29.2 Å². The van der Waals surface area contributed by atoms with Crippen LogP contribution in [-0.4, -0.2) is 44.0 Å². The van der Waals surface area contributed by atoms with Gasteiger partial charge in [-0.3, -0.25) is 4.72 Å². The number of methoxy groups -OCH3 is 1. The van der Waals surface area contributed by atoms with Crippen molar-refractivity contribution in [2.75, 3.05) is 23.8 Å². The van der Waals surface area contributed by atoms with Crippen molar-refractivity contribution in [3.05, 3.63) is 46.4 Å². The summed E-state index contributed by atoms with van der Waals surface area (Å²) in [6, 6.07) is 6.23. The van der Waals surface area contributed by atoms with Crippen LogP contribution in [0, 0.1) is 11.6 Å². The summed E-state index contributed by atoms with van der Waals surface area (Å²) in [6.07, 6.45) is 0.780. The fourth-order valence-electron chi connectivity index (χ4n) is 3.22. The maximum absolute atomic E-state index is 14.3. The molecule has 32 heavy (non-hydrogen) atoms. The van der Waals surface area contributed by atoms with E-state index in [9.17, 15) is 22.3 Å². The molecule has 0 saturated heterocycles. The van der Waals surface area contributed by atoms with Crippen LogP contribution in [-0.2, 0) is 10.2 Å². The second kappa shape index (κ2) is 9.87. The zero-order valence-electron chi connectivity index (χ0n) is 17.2. The van der Waals surface area contributed by atoms with Crippen LogP contribution in [0.5, 0.6) is 5.75 Å². The summed E-state index contributed by atoms with van der Waals surface area (Å²) in [5, 5.41) is 21.2. The average molecular weight is 536 g/mol. The fraction of sp³-hybridized carbons (Fsp3) is 0.400. The number of anilines is 3. The Kier molecular flexibility index (Phi) is 7.61. The molecule has 1 aliphatic carbocycles. The van der Waals surface area contributed by atoms with Crippen molar-refractivity contribution in [2.24, 2.45) is 0 Å². The Morgan fingerprint density at radius 2 is 1.94 bits per heavy atom. The first-order valence-electron chi connectivity index (χ1n) is 9.77. The van der Waals surface area contributed by atoms with Crippen molar-refractivity contribution in [3.8, 4) is 5.75 Å². The van der Waals surface area contributed by atoms with Crippen molar-refractivity contribution in [1.29, 1.82) is 0 Å². The van der Waals surface area contributed by atoms with Gasteiger partial charge in [0.05, 0.1) is 31.2 Å². The van der Waals surface area contributed by atoms with Gasteiger partial charge in [-0.15, -0.1) is 0 Å². The van der Waals surface area contributed by atoms with Gasteiger partial charge in [-0.05, 0) is 49.9 Å². The lowest BCUT2D eigenvalue weighted by molar-refractivity contribution is 0.0838. The van der Waals surface area contributed by atoms with Gasteiger partial charge in [0, 0.05) is 16.1 Å². The van der Waals surface area contributed by atoms with E-state index >= 15 is 0 Å². The summed E-state index contributed by atoms with van der Waals surface area (Å²) >= 11 is 3.15. The molecule has 0 spiro atoms. The lowest BCUT2D eigenvalue weighted by atomic mass is 10.1. The number of nitrogens with one attached hydrogen (secondary N) is 3. The summed E-state index contributed by atoms with van der Waals surface area (Å²) in [4.78, 5) is 0. The molecule has 2 aromatic rings. The van der Waals surface area contributed by atoms with E-state index in [1.54, 1.807) is 6.07 Å². The first-order chi connectivity index (χ1) is 15.1. The fourth-order valence-corrected chi connectivity index (χ4v) is 4.96. The third-order valence-corrected chi connectivity index (χ3v) is 6.76.